The van der Waals surface area contributed by atoms with E-state index in [0.717, 1.165) is 5.69 Å². The van der Waals surface area contributed by atoms with Gasteiger partial charge < -0.3 is 20.7 Å². The zero-order valence-corrected chi connectivity index (χ0v) is 12.3. The molecule has 6 heteroatoms. The Morgan fingerprint density at radius 1 is 1.24 bits per heavy atom. The maximum Gasteiger partial charge on any atom is 0.241 e. The van der Waals surface area contributed by atoms with E-state index in [1.165, 1.54) is 0 Å². The first-order valence-electron chi connectivity index (χ1n) is 7.09. The van der Waals surface area contributed by atoms with Crippen LogP contribution >= 0.6 is 0 Å². The Balaban J connectivity index is 1.88. The maximum absolute atomic E-state index is 12.1. The van der Waals surface area contributed by atoms with E-state index >= 15 is 0 Å². The van der Waals surface area contributed by atoms with Crippen LogP contribution in [0.1, 0.15) is 19.8 Å². The Hall–Kier alpha value is -1.92. The summed E-state index contributed by atoms with van der Waals surface area (Å²) in [6, 6.07) is 6.85. The van der Waals surface area contributed by atoms with Crippen LogP contribution in [0.15, 0.2) is 24.3 Å². The van der Waals surface area contributed by atoms with Gasteiger partial charge in [0.05, 0.1) is 12.1 Å². The average Bonchev–Trinajstić information content (AvgIpc) is 2.98. The standard InChI is InChI=1S/C15H21N3O3/c1-3-14(19)17-10-4-6-11(7-5-10)18-15(20)13-8-12(21-2)9-16-13/h4-7,12-13,16H,3,8-9H2,1-2H3,(H,17,19)(H,18,20). The molecule has 1 fully saturated rings. The Bertz CT molecular complexity index is 501. The van der Waals surface area contributed by atoms with Gasteiger partial charge in [0, 0.05) is 31.5 Å². The quantitative estimate of drug-likeness (QED) is 0.765. The normalized spacial score (nSPS) is 21.0. The van der Waals surface area contributed by atoms with Crippen LogP contribution in [-0.4, -0.2) is 37.6 Å². The highest BCUT2D eigenvalue weighted by atomic mass is 16.5. The SMILES string of the molecule is CCC(=O)Nc1ccc(NC(=O)C2CC(OC)CN2)cc1. The highest BCUT2D eigenvalue weighted by molar-refractivity contribution is 5.95. The van der Waals surface area contributed by atoms with Crippen LogP contribution in [0.5, 0.6) is 0 Å². The van der Waals surface area contributed by atoms with E-state index in [-0.39, 0.29) is 24.0 Å². The molecule has 21 heavy (non-hydrogen) atoms. The van der Waals surface area contributed by atoms with Crippen LogP contribution in [0.2, 0.25) is 0 Å². The average molecular weight is 291 g/mol. The molecule has 2 rings (SSSR count). The van der Waals surface area contributed by atoms with E-state index in [1.807, 2.05) is 0 Å². The maximum atomic E-state index is 12.1. The molecule has 0 aromatic heterocycles. The fourth-order valence-corrected chi connectivity index (χ4v) is 2.20. The van der Waals surface area contributed by atoms with Crippen molar-refractivity contribution in [2.45, 2.75) is 31.9 Å². The predicted octanol–water partition coefficient (Wildman–Crippen LogP) is 1.35. The lowest BCUT2D eigenvalue weighted by Crippen LogP contribution is -2.35. The van der Waals surface area contributed by atoms with E-state index in [1.54, 1.807) is 38.3 Å². The van der Waals surface area contributed by atoms with Gasteiger partial charge in [0.25, 0.3) is 0 Å². The first-order chi connectivity index (χ1) is 10.1. The molecule has 1 aliphatic heterocycles. The Morgan fingerprint density at radius 3 is 2.38 bits per heavy atom. The van der Waals surface area contributed by atoms with Gasteiger partial charge in [-0.3, -0.25) is 9.59 Å². The van der Waals surface area contributed by atoms with Crippen LogP contribution in [0, 0.1) is 0 Å². The van der Waals surface area contributed by atoms with Crippen LogP contribution in [0.25, 0.3) is 0 Å². The Labute approximate surface area is 124 Å². The van der Waals surface area contributed by atoms with Gasteiger partial charge in [-0.1, -0.05) is 6.92 Å². The smallest absolute Gasteiger partial charge is 0.241 e. The number of rotatable bonds is 5. The van der Waals surface area contributed by atoms with E-state index in [2.05, 4.69) is 16.0 Å². The van der Waals surface area contributed by atoms with Crippen LogP contribution in [-0.2, 0) is 14.3 Å². The van der Waals surface area contributed by atoms with Crippen molar-refractivity contribution in [3.63, 3.8) is 0 Å². The van der Waals surface area contributed by atoms with E-state index in [4.69, 9.17) is 4.74 Å². The van der Waals surface area contributed by atoms with Gasteiger partial charge in [0.2, 0.25) is 11.8 Å². The molecule has 2 atom stereocenters. The number of carbonyl (C=O) groups excluding carboxylic acids is 2. The summed E-state index contributed by atoms with van der Waals surface area (Å²) < 4.78 is 5.22. The van der Waals surface area contributed by atoms with Crippen molar-refractivity contribution in [3.8, 4) is 0 Å². The second-order valence-electron chi connectivity index (χ2n) is 5.02. The first-order valence-corrected chi connectivity index (χ1v) is 7.09. The first kappa shape index (κ1) is 15.5. The molecule has 2 unspecified atom stereocenters. The zero-order valence-electron chi connectivity index (χ0n) is 12.3. The number of amides is 2. The summed E-state index contributed by atoms with van der Waals surface area (Å²) >= 11 is 0. The van der Waals surface area contributed by atoms with Gasteiger partial charge in [0.15, 0.2) is 0 Å². The predicted molar refractivity (Wildman–Crippen MR) is 81.2 cm³/mol. The summed E-state index contributed by atoms with van der Waals surface area (Å²) in [6.45, 7) is 2.49. The van der Waals surface area contributed by atoms with Crippen molar-refractivity contribution in [1.82, 2.24) is 5.32 Å². The molecule has 0 radical (unpaired) electrons. The van der Waals surface area contributed by atoms with Crippen molar-refractivity contribution in [1.29, 1.82) is 0 Å². The molecular formula is C15H21N3O3. The minimum Gasteiger partial charge on any atom is -0.380 e. The molecule has 1 heterocycles. The fourth-order valence-electron chi connectivity index (χ4n) is 2.20. The molecule has 1 aromatic rings. The number of ether oxygens (including phenoxy) is 1. The third-order valence-corrected chi connectivity index (χ3v) is 3.50. The molecular weight excluding hydrogens is 270 g/mol. The highest BCUT2D eigenvalue weighted by Gasteiger charge is 2.29. The second kappa shape index (κ2) is 7.19. The Kier molecular flexibility index (Phi) is 5.30. The van der Waals surface area contributed by atoms with Gasteiger partial charge in [-0.15, -0.1) is 0 Å². The molecule has 6 nitrogen and oxygen atoms in total. The summed E-state index contributed by atoms with van der Waals surface area (Å²) in [5.41, 5.74) is 1.43. The molecule has 1 aliphatic rings. The van der Waals surface area contributed by atoms with Crippen molar-refractivity contribution in [2.24, 2.45) is 0 Å². The number of anilines is 2. The molecule has 1 saturated heterocycles. The van der Waals surface area contributed by atoms with Crippen molar-refractivity contribution in [2.75, 3.05) is 24.3 Å². The number of hydrogen-bond acceptors (Lipinski definition) is 4. The number of hydrogen-bond donors (Lipinski definition) is 3. The van der Waals surface area contributed by atoms with Crippen molar-refractivity contribution in [3.05, 3.63) is 24.3 Å². The van der Waals surface area contributed by atoms with Gasteiger partial charge in [-0.05, 0) is 30.7 Å². The minimum absolute atomic E-state index is 0.0347. The molecule has 2 amide bonds. The number of carbonyl (C=O) groups is 2. The van der Waals surface area contributed by atoms with Crippen LogP contribution in [0.4, 0.5) is 11.4 Å². The zero-order chi connectivity index (χ0) is 15.2. The third kappa shape index (κ3) is 4.27. The van der Waals surface area contributed by atoms with Crippen molar-refractivity contribution >= 4 is 23.2 Å². The van der Waals surface area contributed by atoms with Crippen LogP contribution < -0.4 is 16.0 Å². The summed E-state index contributed by atoms with van der Waals surface area (Å²) in [5, 5.41) is 8.74. The van der Waals surface area contributed by atoms with Gasteiger partial charge in [0.1, 0.15) is 0 Å². The summed E-state index contributed by atoms with van der Waals surface area (Å²) in [7, 11) is 1.65. The molecule has 0 spiro atoms. The van der Waals surface area contributed by atoms with Gasteiger partial charge in [-0.2, -0.15) is 0 Å². The summed E-state index contributed by atoms with van der Waals surface area (Å²) in [6.07, 6.45) is 1.20. The lowest BCUT2D eigenvalue weighted by atomic mass is 10.2. The molecule has 3 N–H and O–H groups in total. The molecule has 0 saturated carbocycles. The topological polar surface area (TPSA) is 79.5 Å². The van der Waals surface area contributed by atoms with E-state index < -0.39 is 0 Å². The van der Waals surface area contributed by atoms with Crippen LogP contribution in [0.3, 0.4) is 0 Å². The molecule has 1 aromatic carbocycles. The number of methoxy groups -OCH3 is 1. The lowest BCUT2D eigenvalue weighted by Gasteiger charge is -2.12. The fraction of sp³-hybridized carbons (Fsp3) is 0.467. The molecule has 0 aliphatic carbocycles. The summed E-state index contributed by atoms with van der Waals surface area (Å²) in [4.78, 5) is 23.4. The molecule has 114 valence electrons. The highest BCUT2D eigenvalue weighted by Crippen LogP contribution is 2.16. The van der Waals surface area contributed by atoms with Gasteiger partial charge >= 0.3 is 0 Å². The summed E-state index contributed by atoms with van der Waals surface area (Å²) in [5.74, 6) is -0.104. The number of nitrogens with one attached hydrogen (secondary N) is 3. The lowest BCUT2D eigenvalue weighted by molar-refractivity contribution is -0.118. The monoisotopic (exact) mass is 291 g/mol. The Morgan fingerprint density at radius 2 is 1.86 bits per heavy atom. The largest absolute Gasteiger partial charge is 0.380 e. The molecule has 0 bridgehead atoms. The third-order valence-electron chi connectivity index (χ3n) is 3.50. The van der Waals surface area contributed by atoms with E-state index in [9.17, 15) is 9.59 Å². The van der Waals surface area contributed by atoms with Gasteiger partial charge in [-0.25, -0.2) is 0 Å². The second-order valence-corrected chi connectivity index (χ2v) is 5.02. The number of benzene rings is 1. The van der Waals surface area contributed by atoms with Crippen molar-refractivity contribution < 1.29 is 14.3 Å². The minimum atomic E-state index is -0.227. The van der Waals surface area contributed by atoms with E-state index in [0.29, 0.717) is 25.1 Å².